The van der Waals surface area contributed by atoms with Gasteiger partial charge in [-0.2, -0.15) is 0 Å². The molecule has 84 valence electrons. The fourth-order valence-electron chi connectivity index (χ4n) is 1.38. The maximum atomic E-state index is 5.93. The van der Waals surface area contributed by atoms with Crippen LogP contribution < -0.4 is 5.73 Å². The molecule has 0 saturated heterocycles. The molecule has 2 aromatic rings. The zero-order valence-corrected chi connectivity index (χ0v) is 10.4. The molecule has 0 aliphatic heterocycles. The van der Waals surface area contributed by atoms with Gasteiger partial charge in [0.25, 0.3) is 0 Å². The number of hydrogen-bond donors (Lipinski definition) is 1. The van der Waals surface area contributed by atoms with Crippen LogP contribution in [0.15, 0.2) is 39.8 Å². The van der Waals surface area contributed by atoms with Crippen molar-refractivity contribution in [3.8, 4) is 0 Å². The van der Waals surface area contributed by atoms with Gasteiger partial charge in [0.1, 0.15) is 5.76 Å². The zero-order chi connectivity index (χ0) is 11.5. The van der Waals surface area contributed by atoms with E-state index >= 15 is 0 Å². The van der Waals surface area contributed by atoms with Crippen LogP contribution in [0.5, 0.6) is 0 Å². The van der Waals surface area contributed by atoms with Crippen molar-refractivity contribution >= 4 is 29.1 Å². The Morgan fingerprint density at radius 3 is 2.88 bits per heavy atom. The van der Waals surface area contributed by atoms with Gasteiger partial charge in [-0.05, 0) is 36.8 Å². The Balaban J connectivity index is 2.10. The van der Waals surface area contributed by atoms with Crippen molar-refractivity contribution in [2.75, 3.05) is 5.73 Å². The summed E-state index contributed by atoms with van der Waals surface area (Å²) in [5, 5.41) is 0.716. The predicted molar refractivity (Wildman–Crippen MR) is 68.9 cm³/mol. The van der Waals surface area contributed by atoms with Gasteiger partial charge in [0, 0.05) is 21.4 Å². The van der Waals surface area contributed by atoms with Crippen molar-refractivity contribution < 1.29 is 4.42 Å². The lowest BCUT2D eigenvalue weighted by molar-refractivity contribution is 0.527. The van der Waals surface area contributed by atoms with Crippen LogP contribution in [-0.2, 0) is 5.75 Å². The molecule has 16 heavy (non-hydrogen) atoms. The predicted octanol–water partition coefficient (Wildman–Crippen LogP) is 4.12. The number of nitrogens with two attached hydrogens (primary N) is 1. The number of aryl methyl sites for hydroxylation is 1. The van der Waals surface area contributed by atoms with Crippen LogP contribution >= 0.6 is 23.4 Å². The summed E-state index contributed by atoms with van der Waals surface area (Å²) in [5.74, 6) is 1.73. The van der Waals surface area contributed by atoms with Crippen molar-refractivity contribution in [3.63, 3.8) is 0 Å². The summed E-state index contributed by atoms with van der Waals surface area (Å²) in [6.07, 6.45) is 1.69. The van der Waals surface area contributed by atoms with E-state index in [1.54, 1.807) is 24.1 Å². The second-order valence-electron chi connectivity index (χ2n) is 3.47. The molecule has 0 amide bonds. The molecule has 2 N–H and O–H groups in total. The van der Waals surface area contributed by atoms with Gasteiger partial charge < -0.3 is 10.2 Å². The third kappa shape index (κ3) is 2.54. The van der Waals surface area contributed by atoms with Crippen LogP contribution in [0.1, 0.15) is 11.3 Å². The van der Waals surface area contributed by atoms with Gasteiger partial charge >= 0.3 is 0 Å². The number of furan rings is 1. The van der Waals surface area contributed by atoms with Gasteiger partial charge in [0.05, 0.1) is 6.26 Å². The lowest BCUT2D eigenvalue weighted by Gasteiger charge is -2.05. The fraction of sp³-hybridized carbons (Fsp3) is 0.167. The highest BCUT2D eigenvalue weighted by Gasteiger charge is 2.05. The minimum atomic E-state index is 0.716. The summed E-state index contributed by atoms with van der Waals surface area (Å²) < 4.78 is 5.23. The third-order valence-corrected chi connectivity index (χ3v) is 3.72. The average molecular weight is 254 g/mol. The summed E-state index contributed by atoms with van der Waals surface area (Å²) in [6.45, 7) is 1.95. The van der Waals surface area contributed by atoms with Crippen molar-refractivity contribution in [3.05, 3.63) is 46.9 Å². The van der Waals surface area contributed by atoms with Gasteiger partial charge in [-0.15, -0.1) is 11.8 Å². The fourth-order valence-corrected chi connectivity index (χ4v) is 2.54. The molecule has 0 unspecified atom stereocenters. The first kappa shape index (κ1) is 11.4. The zero-order valence-electron chi connectivity index (χ0n) is 8.87. The first-order valence-electron chi connectivity index (χ1n) is 4.87. The lowest BCUT2D eigenvalue weighted by atomic mass is 10.2. The number of anilines is 1. The molecule has 0 spiro atoms. The largest absolute Gasteiger partial charge is 0.468 e. The average Bonchev–Trinajstić information content (AvgIpc) is 2.66. The van der Waals surface area contributed by atoms with Crippen LogP contribution in [-0.4, -0.2) is 0 Å². The number of thioether (sulfide) groups is 1. The highest BCUT2D eigenvalue weighted by atomic mass is 35.5. The summed E-state index contributed by atoms with van der Waals surface area (Å²) in [5.41, 5.74) is 7.70. The molecule has 1 aromatic heterocycles. The molecule has 0 radical (unpaired) electrons. The minimum absolute atomic E-state index is 0.716. The van der Waals surface area contributed by atoms with E-state index in [0.717, 1.165) is 27.7 Å². The molecular formula is C12H12ClNOS. The van der Waals surface area contributed by atoms with E-state index in [1.165, 1.54) is 0 Å². The Labute approximate surface area is 104 Å². The monoisotopic (exact) mass is 253 g/mol. The smallest absolute Gasteiger partial charge is 0.114 e. The summed E-state index contributed by atoms with van der Waals surface area (Å²) >= 11 is 7.62. The molecule has 1 aromatic carbocycles. The van der Waals surface area contributed by atoms with Gasteiger partial charge in [0.15, 0.2) is 0 Å². The van der Waals surface area contributed by atoms with Crippen molar-refractivity contribution in [1.82, 2.24) is 0 Å². The van der Waals surface area contributed by atoms with E-state index in [0.29, 0.717) is 5.02 Å². The molecule has 2 rings (SSSR count). The molecule has 0 atom stereocenters. The molecular weight excluding hydrogens is 242 g/mol. The van der Waals surface area contributed by atoms with Gasteiger partial charge in [-0.25, -0.2) is 0 Å². The van der Waals surface area contributed by atoms with E-state index in [4.69, 9.17) is 21.8 Å². The molecule has 0 aliphatic carbocycles. The maximum Gasteiger partial charge on any atom is 0.114 e. The molecule has 0 fully saturated rings. The van der Waals surface area contributed by atoms with Crippen LogP contribution in [0, 0.1) is 6.92 Å². The number of hydrogen-bond acceptors (Lipinski definition) is 3. The summed E-state index contributed by atoms with van der Waals surface area (Å²) in [6, 6.07) is 7.49. The molecule has 0 saturated carbocycles. The minimum Gasteiger partial charge on any atom is -0.468 e. The van der Waals surface area contributed by atoms with Crippen LogP contribution in [0.4, 0.5) is 5.69 Å². The van der Waals surface area contributed by atoms with Crippen molar-refractivity contribution in [1.29, 1.82) is 0 Å². The number of halogens is 1. The molecule has 4 heteroatoms. The third-order valence-electron chi connectivity index (χ3n) is 2.30. The second kappa shape index (κ2) is 4.85. The van der Waals surface area contributed by atoms with Crippen molar-refractivity contribution in [2.45, 2.75) is 17.6 Å². The van der Waals surface area contributed by atoms with E-state index in [2.05, 4.69) is 0 Å². The van der Waals surface area contributed by atoms with Crippen LogP contribution in [0.25, 0.3) is 0 Å². The maximum absolute atomic E-state index is 5.93. The number of rotatable bonds is 3. The Morgan fingerprint density at radius 2 is 2.19 bits per heavy atom. The SMILES string of the molecule is Cc1occc1SCc1cc(Cl)ccc1N. The van der Waals surface area contributed by atoms with E-state index in [9.17, 15) is 0 Å². The molecule has 2 nitrogen and oxygen atoms in total. The van der Waals surface area contributed by atoms with Crippen LogP contribution in [0.3, 0.4) is 0 Å². The first-order valence-corrected chi connectivity index (χ1v) is 6.24. The number of benzene rings is 1. The molecule has 1 heterocycles. The van der Waals surface area contributed by atoms with Gasteiger partial charge in [0.2, 0.25) is 0 Å². The summed E-state index contributed by atoms with van der Waals surface area (Å²) in [4.78, 5) is 1.14. The van der Waals surface area contributed by atoms with Gasteiger partial charge in [-0.1, -0.05) is 11.6 Å². The highest BCUT2D eigenvalue weighted by molar-refractivity contribution is 7.98. The molecule has 0 aliphatic rings. The number of nitrogen functional groups attached to an aromatic ring is 1. The lowest BCUT2D eigenvalue weighted by Crippen LogP contribution is -1.92. The van der Waals surface area contributed by atoms with E-state index in [-0.39, 0.29) is 0 Å². The standard InChI is InChI=1S/C12H12ClNOS/c1-8-12(4-5-15-8)16-7-9-6-10(13)2-3-11(9)14/h2-6H,7,14H2,1H3. The van der Waals surface area contributed by atoms with E-state index in [1.807, 2.05) is 25.1 Å². The highest BCUT2D eigenvalue weighted by Crippen LogP contribution is 2.29. The topological polar surface area (TPSA) is 39.2 Å². The summed E-state index contributed by atoms with van der Waals surface area (Å²) in [7, 11) is 0. The Hall–Kier alpha value is -1.06. The Bertz CT molecular complexity index is 496. The van der Waals surface area contributed by atoms with Crippen LogP contribution in [0.2, 0.25) is 5.02 Å². The Morgan fingerprint density at radius 1 is 1.38 bits per heavy atom. The van der Waals surface area contributed by atoms with Crippen molar-refractivity contribution in [2.24, 2.45) is 0 Å². The van der Waals surface area contributed by atoms with E-state index < -0.39 is 0 Å². The van der Waals surface area contributed by atoms with Gasteiger partial charge in [-0.3, -0.25) is 0 Å². The first-order chi connectivity index (χ1) is 7.66. The second-order valence-corrected chi connectivity index (χ2v) is 4.93. The normalized spacial score (nSPS) is 10.6. The quantitative estimate of drug-likeness (QED) is 0.661. The Kier molecular flexibility index (Phi) is 3.46. The molecule has 0 bridgehead atoms.